The molecule has 2 aromatic carbocycles. The van der Waals surface area contributed by atoms with Gasteiger partial charge in [-0.05, 0) is 38.0 Å². The third kappa shape index (κ3) is 6.09. The molecule has 0 saturated heterocycles. The number of benzene rings is 2. The maximum atomic E-state index is 12.5. The van der Waals surface area contributed by atoms with E-state index in [0.717, 1.165) is 12.0 Å². The largest absolute Gasteiger partial charge is 0.426 e. The first kappa shape index (κ1) is 20.9. The Morgan fingerprint density at radius 1 is 0.893 bits per heavy atom. The van der Waals surface area contributed by atoms with E-state index in [4.69, 9.17) is 4.74 Å². The zero-order valence-electron chi connectivity index (χ0n) is 16.2. The minimum absolute atomic E-state index is 0.172. The fourth-order valence-corrected chi connectivity index (χ4v) is 2.50. The number of carbonyl (C=O) groups excluding carboxylic acids is 3. The van der Waals surface area contributed by atoms with E-state index in [-0.39, 0.29) is 17.2 Å². The monoisotopic (exact) mass is 380 g/mol. The molecule has 0 radical (unpaired) electrons. The number of ether oxygens (including phenoxy) is 1. The molecular formula is C22H24N2O4. The molecule has 0 aromatic heterocycles. The lowest BCUT2D eigenvalue weighted by Crippen LogP contribution is -2.30. The van der Waals surface area contributed by atoms with Crippen molar-refractivity contribution in [2.45, 2.75) is 27.2 Å². The quantitative estimate of drug-likeness (QED) is 0.439. The van der Waals surface area contributed by atoms with Crippen molar-refractivity contribution < 1.29 is 19.1 Å². The Bertz CT molecular complexity index is 888. The third-order valence-corrected chi connectivity index (χ3v) is 4.13. The van der Waals surface area contributed by atoms with Crippen LogP contribution in [0.3, 0.4) is 0 Å². The first-order chi connectivity index (χ1) is 13.4. The van der Waals surface area contributed by atoms with Gasteiger partial charge in [-0.15, -0.1) is 0 Å². The minimum Gasteiger partial charge on any atom is -0.426 e. The fraction of sp³-hybridized carbons (Fsp3) is 0.227. The molecule has 0 fully saturated rings. The Balaban J connectivity index is 1.98. The van der Waals surface area contributed by atoms with Crippen LogP contribution in [-0.4, -0.2) is 24.3 Å². The molecule has 0 aliphatic carbocycles. The predicted molar refractivity (Wildman–Crippen MR) is 107 cm³/mol. The van der Waals surface area contributed by atoms with Crippen LogP contribution in [0.4, 0.5) is 0 Å². The number of esters is 1. The van der Waals surface area contributed by atoms with E-state index in [9.17, 15) is 14.4 Å². The van der Waals surface area contributed by atoms with E-state index in [0.29, 0.717) is 17.8 Å². The van der Waals surface area contributed by atoms with Crippen LogP contribution in [0.2, 0.25) is 0 Å². The molecule has 0 unspecified atom stereocenters. The summed E-state index contributed by atoms with van der Waals surface area (Å²) in [5, 5.41) is 5.53. The molecule has 146 valence electrons. The van der Waals surface area contributed by atoms with Gasteiger partial charge >= 0.3 is 5.97 Å². The van der Waals surface area contributed by atoms with Crippen molar-refractivity contribution in [3.8, 4) is 5.75 Å². The van der Waals surface area contributed by atoms with Crippen molar-refractivity contribution in [2.24, 2.45) is 0 Å². The molecule has 0 spiro atoms. The van der Waals surface area contributed by atoms with Crippen LogP contribution in [0, 0.1) is 0 Å². The number of para-hydroxylation sites is 1. The van der Waals surface area contributed by atoms with Crippen LogP contribution in [0.15, 0.2) is 65.9 Å². The van der Waals surface area contributed by atoms with Gasteiger partial charge < -0.3 is 15.4 Å². The Hall–Kier alpha value is -3.41. The molecule has 0 saturated carbocycles. The van der Waals surface area contributed by atoms with Crippen LogP contribution < -0.4 is 15.4 Å². The lowest BCUT2D eigenvalue weighted by molar-refractivity contribution is -0.131. The summed E-state index contributed by atoms with van der Waals surface area (Å²) in [6, 6.07) is 16.3. The van der Waals surface area contributed by atoms with Gasteiger partial charge in [0.1, 0.15) is 5.75 Å². The molecule has 2 N–H and O–H groups in total. The lowest BCUT2D eigenvalue weighted by Gasteiger charge is -2.12. The molecule has 2 rings (SSSR count). The minimum atomic E-state index is -0.513. The summed E-state index contributed by atoms with van der Waals surface area (Å²) in [7, 11) is 0. The zero-order chi connectivity index (χ0) is 20.5. The molecule has 6 heteroatoms. The Morgan fingerprint density at radius 3 is 2.21 bits per heavy atom. The third-order valence-electron chi connectivity index (χ3n) is 4.13. The number of hydrogen-bond acceptors (Lipinski definition) is 4. The van der Waals surface area contributed by atoms with Crippen LogP contribution in [0.5, 0.6) is 5.75 Å². The Kier molecular flexibility index (Phi) is 7.51. The van der Waals surface area contributed by atoms with Crippen LogP contribution in [0.25, 0.3) is 0 Å². The highest BCUT2D eigenvalue weighted by Gasteiger charge is 2.16. The number of hydrogen-bond donors (Lipinski definition) is 2. The summed E-state index contributed by atoms with van der Waals surface area (Å²) in [6.45, 7) is 5.06. The number of rotatable bonds is 7. The second-order valence-corrected chi connectivity index (χ2v) is 6.29. The Labute approximate surface area is 164 Å². The summed E-state index contributed by atoms with van der Waals surface area (Å²) in [5.41, 5.74) is 2.19. The van der Waals surface area contributed by atoms with E-state index in [2.05, 4.69) is 10.6 Å². The van der Waals surface area contributed by atoms with Crippen LogP contribution in [-0.2, 0) is 16.0 Å². The summed E-state index contributed by atoms with van der Waals surface area (Å²) in [4.78, 5) is 36.0. The average Bonchev–Trinajstić information content (AvgIpc) is 2.68. The number of amides is 2. The van der Waals surface area contributed by atoms with Crippen molar-refractivity contribution in [3.63, 3.8) is 0 Å². The predicted octanol–water partition coefficient (Wildman–Crippen LogP) is 2.99. The molecule has 6 nitrogen and oxygen atoms in total. The smallest absolute Gasteiger partial charge is 0.308 e. The van der Waals surface area contributed by atoms with Crippen molar-refractivity contribution in [2.75, 3.05) is 6.54 Å². The maximum Gasteiger partial charge on any atom is 0.308 e. The van der Waals surface area contributed by atoms with Crippen molar-refractivity contribution in [1.82, 2.24) is 10.6 Å². The molecule has 28 heavy (non-hydrogen) atoms. The van der Waals surface area contributed by atoms with Crippen LogP contribution >= 0.6 is 0 Å². The average molecular weight is 380 g/mol. The highest BCUT2D eigenvalue weighted by molar-refractivity contribution is 6.00. The molecule has 0 aliphatic rings. The van der Waals surface area contributed by atoms with Gasteiger partial charge in [0.2, 0.25) is 5.91 Å². The molecule has 2 amide bonds. The van der Waals surface area contributed by atoms with Crippen molar-refractivity contribution in [1.29, 1.82) is 0 Å². The van der Waals surface area contributed by atoms with E-state index in [1.165, 1.54) is 6.92 Å². The molecule has 0 heterocycles. The first-order valence-corrected chi connectivity index (χ1v) is 8.97. The topological polar surface area (TPSA) is 84.5 Å². The SMILES string of the molecule is CC(=O)Oc1ccccc1C(=O)NC(C)=C(C)C(=O)NCCc1ccccc1. The summed E-state index contributed by atoms with van der Waals surface area (Å²) < 4.78 is 5.06. The molecule has 0 aliphatic heterocycles. The van der Waals surface area contributed by atoms with E-state index >= 15 is 0 Å². The molecule has 0 atom stereocenters. The Morgan fingerprint density at radius 2 is 1.54 bits per heavy atom. The summed E-state index contributed by atoms with van der Waals surface area (Å²) in [6.07, 6.45) is 0.723. The number of carbonyl (C=O) groups is 3. The van der Waals surface area contributed by atoms with E-state index in [1.807, 2.05) is 30.3 Å². The van der Waals surface area contributed by atoms with E-state index in [1.54, 1.807) is 38.1 Å². The van der Waals surface area contributed by atoms with Gasteiger partial charge in [-0.1, -0.05) is 42.5 Å². The van der Waals surface area contributed by atoms with Gasteiger partial charge in [0, 0.05) is 24.7 Å². The van der Waals surface area contributed by atoms with Gasteiger partial charge in [0.05, 0.1) is 5.56 Å². The van der Waals surface area contributed by atoms with Crippen molar-refractivity contribution in [3.05, 3.63) is 77.0 Å². The summed E-state index contributed by atoms with van der Waals surface area (Å²) >= 11 is 0. The van der Waals surface area contributed by atoms with Gasteiger partial charge in [-0.2, -0.15) is 0 Å². The number of allylic oxidation sites excluding steroid dienone is 1. The van der Waals surface area contributed by atoms with Gasteiger partial charge in [0.25, 0.3) is 5.91 Å². The van der Waals surface area contributed by atoms with E-state index < -0.39 is 11.9 Å². The van der Waals surface area contributed by atoms with Gasteiger partial charge in [-0.3, -0.25) is 14.4 Å². The molecular weight excluding hydrogens is 356 g/mol. The lowest BCUT2D eigenvalue weighted by atomic mass is 10.1. The molecule has 0 bridgehead atoms. The maximum absolute atomic E-state index is 12.5. The second kappa shape index (κ2) is 10.1. The first-order valence-electron chi connectivity index (χ1n) is 8.97. The summed E-state index contributed by atoms with van der Waals surface area (Å²) in [5.74, 6) is -1.04. The molecule has 2 aromatic rings. The van der Waals surface area contributed by atoms with Gasteiger partial charge in [-0.25, -0.2) is 0 Å². The van der Waals surface area contributed by atoms with Crippen molar-refractivity contribution >= 4 is 17.8 Å². The zero-order valence-corrected chi connectivity index (χ0v) is 16.2. The van der Waals surface area contributed by atoms with Crippen LogP contribution in [0.1, 0.15) is 36.7 Å². The standard InChI is InChI=1S/C22H24N2O4/c1-15(21(26)23-14-13-18-9-5-4-6-10-18)16(2)24-22(27)19-11-7-8-12-20(19)28-17(3)25/h4-12H,13-14H2,1-3H3,(H,23,26)(H,24,27). The normalized spacial score (nSPS) is 11.2. The fourth-order valence-electron chi connectivity index (χ4n) is 2.50. The van der Waals surface area contributed by atoms with Gasteiger partial charge in [0.15, 0.2) is 0 Å². The highest BCUT2D eigenvalue weighted by Crippen LogP contribution is 2.18. The number of nitrogens with one attached hydrogen (secondary N) is 2. The highest BCUT2D eigenvalue weighted by atomic mass is 16.5. The second-order valence-electron chi connectivity index (χ2n) is 6.29.